The van der Waals surface area contributed by atoms with Gasteiger partial charge >= 0.3 is 17.9 Å². The molecule has 0 radical (unpaired) electrons. The van der Waals surface area contributed by atoms with E-state index in [1.165, 1.54) is 39.9 Å². The first-order valence-electron chi connectivity index (χ1n) is 39.7. The second-order valence-corrected chi connectivity index (χ2v) is 29.8. The van der Waals surface area contributed by atoms with Crippen LogP contribution in [0.15, 0.2) is 92.5 Å². The van der Waals surface area contributed by atoms with Crippen molar-refractivity contribution in [3.05, 3.63) is 251 Å². The number of nitrogens with one attached hydrogen (secondary N) is 4. The quantitative estimate of drug-likeness (QED) is 0.0179. The van der Waals surface area contributed by atoms with Crippen LogP contribution in [-0.4, -0.2) is 194 Å². The molecule has 47 heteroatoms. The van der Waals surface area contributed by atoms with Gasteiger partial charge in [0.2, 0.25) is 21.7 Å². The summed E-state index contributed by atoms with van der Waals surface area (Å²) in [6.07, 6.45) is 1.22. The fourth-order valence-electron chi connectivity index (χ4n) is 14.6. The third-order valence-corrected chi connectivity index (χ3v) is 20.8. The number of aliphatic hydroxyl groups excluding tert-OH is 1. The maximum Gasteiger partial charge on any atom is 0.359 e. The van der Waals surface area contributed by atoms with Crippen molar-refractivity contribution < 1.29 is 158 Å². The normalized spacial score (nSPS) is 18.2. The summed E-state index contributed by atoms with van der Waals surface area (Å²) in [6, 6.07) is 1.21. The second-order valence-electron chi connectivity index (χ2n) is 29.8. The molecule has 0 bridgehead atoms. The number of aromatic nitrogens is 4. The van der Waals surface area contributed by atoms with E-state index in [0.717, 1.165) is 57.8 Å². The number of pyridine rings is 4. The number of amides is 5. The van der Waals surface area contributed by atoms with Gasteiger partial charge in [0, 0.05) is 143 Å². The predicted molar refractivity (Wildman–Crippen MR) is 428 cm³/mol. The summed E-state index contributed by atoms with van der Waals surface area (Å²) < 4.78 is 231. The molecule has 710 valence electrons. The predicted octanol–water partition coefficient (Wildman–Crippen LogP) is 7.95. The molecule has 5 aliphatic rings. The summed E-state index contributed by atoms with van der Waals surface area (Å²) in [7, 11) is 8.77. The van der Waals surface area contributed by atoms with Crippen molar-refractivity contribution in [3.63, 3.8) is 0 Å². The van der Waals surface area contributed by atoms with E-state index in [0.29, 0.717) is 74.4 Å². The number of likely N-dealkylation sites (N-methyl/N-ethyl adjacent to an activating group) is 1. The number of carbonyl (C=O) groups is 8. The topological polar surface area (TPSA) is 427 Å². The molecule has 4 fully saturated rings. The molecule has 4 aromatic carbocycles. The maximum absolute atomic E-state index is 14.0. The molecule has 8 atom stereocenters. The molecule has 4 saturated heterocycles. The van der Waals surface area contributed by atoms with E-state index in [9.17, 15) is 120 Å². The molecule has 4 aromatic heterocycles. The SMILES string of the molecule is CN1C(=O)c2c(O)c(=O)c(C(=O)NCc3c(F)cc(F)cc3F)cn2[C@@H]2CCO[C@@H]21.COC(=O)c1c(OC)c(=O)c(C(=O)NCc2c(F)cc(F)cc2F)cn1[C@@H]1CCOC1OC.COc1c(C(=O)OC(C)C)n([C@@H]2CCOC2O)cc(C(=O)NCc2c(F)cc(F)cc2F)c1=O.COc1c(C(=O)OC(C)C)n([C@@H]2CCOC2OC)cc(C(=O)NCc2c(F)cc(F)cc2F)c1=O. The minimum absolute atomic E-state index is 0.142. The van der Waals surface area contributed by atoms with Gasteiger partial charge in [0.25, 0.3) is 29.5 Å². The summed E-state index contributed by atoms with van der Waals surface area (Å²) >= 11 is 0. The van der Waals surface area contributed by atoms with E-state index < -0.39 is 294 Å². The fourth-order valence-corrected chi connectivity index (χ4v) is 14.6. The zero-order valence-electron chi connectivity index (χ0n) is 71.7. The van der Waals surface area contributed by atoms with Crippen molar-refractivity contribution in [1.82, 2.24) is 44.4 Å². The third kappa shape index (κ3) is 21.9. The number of ether oxygens (including phenoxy) is 12. The highest BCUT2D eigenvalue weighted by atomic mass is 19.2. The van der Waals surface area contributed by atoms with Crippen molar-refractivity contribution in [3.8, 4) is 23.0 Å². The van der Waals surface area contributed by atoms with Gasteiger partial charge in [-0.1, -0.05) is 0 Å². The molecule has 0 aliphatic carbocycles. The number of methoxy groups -OCH3 is 6. The van der Waals surface area contributed by atoms with Gasteiger partial charge in [0.1, 0.15) is 92.1 Å². The Labute approximate surface area is 738 Å². The first kappa shape index (κ1) is 101. The number of halogens is 12. The first-order valence-corrected chi connectivity index (χ1v) is 39.7. The largest absolute Gasteiger partial charge is 0.503 e. The Morgan fingerprint density at radius 2 is 0.682 bits per heavy atom. The molecular weight excluding hydrogens is 1790 g/mol. The lowest BCUT2D eigenvalue weighted by atomic mass is 10.1. The Morgan fingerprint density at radius 3 is 0.977 bits per heavy atom. The van der Waals surface area contributed by atoms with Crippen LogP contribution >= 0.6 is 0 Å². The Morgan fingerprint density at radius 1 is 0.402 bits per heavy atom. The lowest BCUT2D eigenvalue weighted by molar-refractivity contribution is -0.107. The molecule has 3 unspecified atom stereocenters. The summed E-state index contributed by atoms with van der Waals surface area (Å²) in [4.78, 5) is 154. The van der Waals surface area contributed by atoms with Gasteiger partial charge in [-0.3, -0.25) is 43.2 Å². The van der Waals surface area contributed by atoms with Crippen LogP contribution in [0.3, 0.4) is 0 Å². The van der Waals surface area contributed by atoms with Gasteiger partial charge in [-0.05, 0) is 53.4 Å². The Kier molecular flexibility index (Phi) is 33.2. The number of aliphatic hydroxyl groups is 1. The van der Waals surface area contributed by atoms with E-state index in [1.54, 1.807) is 27.7 Å². The average molecular weight is 1880 g/mol. The molecule has 0 spiro atoms. The highest BCUT2D eigenvalue weighted by Gasteiger charge is 2.45. The minimum atomic E-state index is -1.35. The summed E-state index contributed by atoms with van der Waals surface area (Å²) in [5.74, 6) is -23.8. The van der Waals surface area contributed by atoms with E-state index in [2.05, 4.69) is 21.3 Å². The zero-order valence-corrected chi connectivity index (χ0v) is 71.7. The highest BCUT2D eigenvalue weighted by Crippen LogP contribution is 2.39. The van der Waals surface area contributed by atoms with Gasteiger partial charge in [-0.25, -0.2) is 67.1 Å². The molecule has 5 aliphatic heterocycles. The monoisotopic (exact) mass is 1880 g/mol. The first-order chi connectivity index (χ1) is 62.6. The summed E-state index contributed by atoms with van der Waals surface area (Å²) in [5, 5.41) is 29.4. The van der Waals surface area contributed by atoms with Crippen molar-refractivity contribution >= 4 is 47.4 Å². The van der Waals surface area contributed by atoms with Crippen molar-refractivity contribution in [1.29, 1.82) is 0 Å². The molecule has 132 heavy (non-hydrogen) atoms. The summed E-state index contributed by atoms with van der Waals surface area (Å²) in [5.41, 5.74) is -9.41. The number of hydrogen-bond acceptors (Lipinski definition) is 26. The number of carbonyl (C=O) groups excluding carboxylic acids is 8. The number of benzene rings is 4. The Balaban J connectivity index is 0.000000183. The molecule has 35 nitrogen and oxygen atoms in total. The fraction of sp³-hybridized carbons (Fsp3) is 0.388. The molecule has 13 rings (SSSR count). The average Bonchev–Trinajstić information content (AvgIpc) is 1.41. The number of aromatic hydroxyl groups is 1. The van der Waals surface area contributed by atoms with Crippen LogP contribution < -0.4 is 57.2 Å². The van der Waals surface area contributed by atoms with Crippen molar-refractivity contribution in [2.75, 3.05) is 76.1 Å². The van der Waals surface area contributed by atoms with Crippen LogP contribution in [0.1, 0.15) is 183 Å². The Bertz CT molecular complexity index is 5960. The molecular formula is C85H85F12N9O26. The standard InChI is InChI=1S/C23H25F3N2O7.C22H23F3N2O7.C21H21F3N2O7.C19H16F3N3O5/c1-11(2)35-22(31)18-20(32-3)19(29)14(10-28(18)17-5-6-34-23(17)33-4)21(30)27-9-13-15(25)7-12(24)8-16(13)26;1-10(2)34-22(31)17-19(32-3)18(28)13(9-27(17)16-4-5-33-21(16)30)20(29)26-8-12-14(24)6-11(23)7-15(12)25;1-30-18-16(20(29)31-2)26(15-4-5-33-21(15)32-3)9-12(17(18)27)19(28)25-8-11-13(23)6-10(22)7-14(11)24;1-24-18(29)14-16(27)15(26)10(7-25(14)13-2-3-30-19(13)24)17(28)23-6-9-11(21)4-8(20)5-12(9)22/h7-8,10-11,17,23H,5-6,9H2,1-4H3,(H,27,30);6-7,9-10,16,21,30H,4-5,8H2,1-3H3,(H,26,29);6-7,9,15,21H,4-5,8H2,1-3H3,(H,25,28);4-5,7,13,19,27H,2-3,6H2,1H3,(H,23,28)/t17-,23?;16-,21?;15-,21?;13-,19+/m1111/s1. The van der Waals surface area contributed by atoms with Crippen LogP contribution in [0.2, 0.25) is 0 Å². The molecule has 0 saturated carbocycles. The zero-order chi connectivity index (χ0) is 97.0. The minimum Gasteiger partial charge on any atom is -0.503 e. The number of hydrogen-bond donors (Lipinski definition) is 6. The van der Waals surface area contributed by atoms with Gasteiger partial charge in [0.15, 0.2) is 70.9 Å². The molecule has 6 N–H and O–H groups in total. The van der Waals surface area contributed by atoms with Gasteiger partial charge in [-0.15, -0.1) is 0 Å². The van der Waals surface area contributed by atoms with Gasteiger partial charge in [0.05, 0.1) is 91.2 Å². The van der Waals surface area contributed by atoms with Crippen LogP contribution in [0.4, 0.5) is 52.7 Å². The van der Waals surface area contributed by atoms with Crippen LogP contribution in [0, 0.1) is 69.8 Å². The lowest BCUT2D eigenvalue weighted by Gasteiger charge is -2.36. The molecule has 8 aromatic rings. The summed E-state index contributed by atoms with van der Waals surface area (Å²) in [6.45, 7) is 4.80. The third-order valence-electron chi connectivity index (χ3n) is 20.8. The van der Waals surface area contributed by atoms with E-state index in [-0.39, 0.29) is 49.0 Å². The lowest BCUT2D eigenvalue weighted by Crippen LogP contribution is -2.48. The van der Waals surface area contributed by atoms with Crippen LogP contribution in [-0.2, 0) is 68.8 Å². The van der Waals surface area contributed by atoms with Gasteiger partial charge in [-0.2, -0.15) is 0 Å². The molecule has 5 amide bonds. The molecule has 9 heterocycles. The Hall–Kier alpha value is -13.5. The second kappa shape index (κ2) is 43.5. The van der Waals surface area contributed by atoms with E-state index in [4.69, 9.17) is 56.8 Å². The van der Waals surface area contributed by atoms with Crippen LogP contribution in [0.5, 0.6) is 23.0 Å². The number of nitrogens with zero attached hydrogens (tertiary/aromatic N) is 5. The van der Waals surface area contributed by atoms with Gasteiger partial charge < -0.3 is 111 Å². The number of rotatable bonds is 25. The van der Waals surface area contributed by atoms with E-state index >= 15 is 0 Å². The highest BCUT2D eigenvalue weighted by molar-refractivity contribution is 6.01. The van der Waals surface area contributed by atoms with E-state index in [1.807, 2.05) is 0 Å². The van der Waals surface area contributed by atoms with Crippen molar-refractivity contribution in [2.24, 2.45) is 0 Å². The smallest absolute Gasteiger partial charge is 0.359 e. The van der Waals surface area contributed by atoms with Crippen LogP contribution in [0.25, 0.3) is 0 Å². The maximum atomic E-state index is 14.0. The van der Waals surface area contributed by atoms with Crippen molar-refractivity contribution in [2.45, 2.75) is 141 Å². The number of esters is 3. The number of fused-ring (bicyclic) bond motifs is 3.